The minimum atomic E-state index is 0.301. The Hall–Kier alpha value is -1.54. The van der Waals surface area contributed by atoms with Gasteiger partial charge in [-0.25, -0.2) is 0 Å². The lowest BCUT2D eigenvalue weighted by Gasteiger charge is -2.37. The van der Waals surface area contributed by atoms with Crippen LogP contribution in [-0.2, 0) is 11.8 Å². The molecule has 0 aliphatic heterocycles. The number of hydrogen-bond acceptors (Lipinski definition) is 2. The molecule has 1 aliphatic carbocycles. The fourth-order valence-electron chi connectivity index (χ4n) is 3.25. The lowest BCUT2D eigenvalue weighted by molar-refractivity contribution is 0.356. The fourth-order valence-corrected chi connectivity index (χ4v) is 3.25. The van der Waals surface area contributed by atoms with Gasteiger partial charge in [0.1, 0.15) is 5.76 Å². The Morgan fingerprint density at radius 3 is 2.85 bits per heavy atom. The summed E-state index contributed by atoms with van der Waals surface area (Å²) in [7, 11) is 0. The van der Waals surface area contributed by atoms with E-state index in [1.54, 1.807) is 6.26 Å². The van der Waals surface area contributed by atoms with Gasteiger partial charge in [-0.3, -0.25) is 0 Å². The zero-order valence-corrected chi connectivity index (χ0v) is 12.4. The summed E-state index contributed by atoms with van der Waals surface area (Å²) in [6, 6.07) is 13.4. The van der Waals surface area contributed by atoms with E-state index in [0.717, 1.165) is 18.7 Å². The second-order valence-electron chi connectivity index (χ2n) is 6.35. The Kier molecular flexibility index (Phi) is 3.66. The van der Waals surface area contributed by atoms with E-state index in [0.29, 0.717) is 11.5 Å². The first-order chi connectivity index (χ1) is 9.67. The van der Waals surface area contributed by atoms with Crippen molar-refractivity contribution in [1.29, 1.82) is 0 Å². The van der Waals surface area contributed by atoms with Crippen LogP contribution in [0.5, 0.6) is 0 Å². The molecule has 2 nitrogen and oxygen atoms in total. The molecule has 0 amide bonds. The Balaban J connectivity index is 1.69. The first kappa shape index (κ1) is 13.4. The van der Waals surface area contributed by atoms with Gasteiger partial charge in [-0.05, 0) is 41.5 Å². The maximum atomic E-state index is 5.39. The number of nitrogens with one attached hydrogen (secondary N) is 1. The lowest BCUT2D eigenvalue weighted by atomic mass is 9.71. The van der Waals surface area contributed by atoms with Gasteiger partial charge in [0.2, 0.25) is 0 Å². The summed E-state index contributed by atoms with van der Waals surface area (Å²) in [5, 5.41) is 3.69. The molecular formula is C18H23NO. The van der Waals surface area contributed by atoms with Crippen molar-refractivity contribution in [2.24, 2.45) is 0 Å². The first-order valence-corrected chi connectivity index (χ1v) is 7.52. The van der Waals surface area contributed by atoms with Crippen LogP contribution in [0, 0.1) is 0 Å². The summed E-state index contributed by atoms with van der Waals surface area (Å²) in [5.74, 6) is 1.06. The molecule has 0 fully saturated rings. The molecule has 20 heavy (non-hydrogen) atoms. The molecule has 1 unspecified atom stereocenters. The van der Waals surface area contributed by atoms with Gasteiger partial charge in [0.15, 0.2) is 0 Å². The van der Waals surface area contributed by atoms with Crippen LogP contribution >= 0.6 is 0 Å². The van der Waals surface area contributed by atoms with Crippen LogP contribution < -0.4 is 5.32 Å². The highest BCUT2D eigenvalue weighted by atomic mass is 16.3. The highest BCUT2D eigenvalue weighted by molar-refractivity contribution is 5.38. The normalized spacial score (nSPS) is 20.6. The average Bonchev–Trinajstić information content (AvgIpc) is 2.95. The maximum absolute atomic E-state index is 5.39. The topological polar surface area (TPSA) is 25.2 Å². The van der Waals surface area contributed by atoms with Crippen molar-refractivity contribution in [3.8, 4) is 0 Å². The summed E-state index contributed by atoms with van der Waals surface area (Å²) in [6.45, 7) is 5.67. The van der Waals surface area contributed by atoms with E-state index in [9.17, 15) is 0 Å². The maximum Gasteiger partial charge on any atom is 0.105 e. The average molecular weight is 269 g/mol. The Morgan fingerprint density at radius 1 is 1.20 bits per heavy atom. The van der Waals surface area contributed by atoms with E-state index >= 15 is 0 Å². The van der Waals surface area contributed by atoms with Gasteiger partial charge in [0, 0.05) is 19.0 Å². The van der Waals surface area contributed by atoms with Crippen molar-refractivity contribution in [3.05, 3.63) is 59.5 Å². The van der Waals surface area contributed by atoms with Crippen LogP contribution in [0.25, 0.3) is 0 Å². The molecular weight excluding hydrogens is 246 g/mol. The van der Waals surface area contributed by atoms with Crippen LogP contribution in [0.15, 0.2) is 47.1 Å². The number of furan rings is 1. The predicted octanol–water partition coefficient (Wildman–Crippen LogP) is 4.22. The summed E-state index contributed by atoms with van der Waals surface area (Å²) in [6.07, 6.45) is 5.15. The minimum absolute atomic E-state index is 0.301. The zero-order valence-electron chi connectivity index (χ0n) is 12.4. The van der Waals surface area contributed by atoms with Crippen molar-refractivity contribution in [1.82, 2.24) is 5.32 Å². The van der Waals surface area contributed by atoms with Crippen molar-refractivity contribution in [2.75, 3.05) is 6.54 Å². The van der Waals surface area contributed by atoms with Gasteiger partial charge >= 0.3 is 0 Å². The molecule has 1 N–H and O–H groups in total. The molecule has 1 aromatic carbocycles. The summed E-state index contributed by atoms with van der Waals surface area (Å²) >= 11 is 0. The van der Waals surface area contributed by atoms with E-state index in [1.165, 1.54) is 24.0 Å². The SMILES string of the molecule is CC1(C)CCC(NCCc2ccco2)c2ccccc21. The van der Waals surface area contributed by atoms with Gasteiger partial charge in [0.05, 0.1) is 6.26 Å². The Bertz CT molecular complexity index is 557. The molecule has 0 saturated heterocycles. The van der Waals surface area contributed by atoms with Crippen LogP contribution in [0.4, 0.5) is 0 Å². The van der Waals surface area contributed by atoms with Crippen LogP contribution in [0.2, 0.25) is 0 Å². The smallest absolute Gasteiger partial charge is 0.105 e. The van der Waals surface area contributed by atoms with E-state index in [4.69, 9.17) is 4.42 Å². The summed E-state index contributed by atoms with van der Waals surface area (Å²) < 4.78 is 5.39. The standard InChI is InChI=1S/C18H23NO/c1-18(2)11-9-17(15-7-3-4-8-16(15)18)19-12-10-14-6-5-13-20-14/h3-8,13,17,19H,9-12H2,1-2H3. The van der Waals surface area contributed by atoms with E-state index in [-0.39, 0.29) is 0 Å². The molecule has 1 atom stereocenters. The molecule has 3 rings (SSSR count). The third-order valence-corrected chi connectivity index (χ3v) is 4.47. The Labute approximate surface area is 121 Å². The quantitative estimate of drug-likeness (QED) is 0.898. The van der Waals surface area contributed by atoms with Gasteiger partial charge in [0.25, 0.3) is 0 Å². The van der Waals surface area contributed by atoms with E-state index in [2.05, 4.69) is 43.4 Å². The van der Waals surface area contributed by atoms with Gasteiger partial charge in [-0.1, -0.05) is 38.1 Å². The lowest BCUT2D eigenvalue weighted by Crippen LogP contribution is -2.33. The van der Waals surface area contributed by atoms with Gasteiger partial charge in [-0.15, -0.1) is 0 Å². The van der Waals surface area contributed by atoms with Crippen molar-refractivity contribution >= 4 is 0 Å². The highest BCUT2D eigenvalue weighted by Gasteiger charge is 2.31. The molecule has 2 aromatic rings. The molecule has 0 saturated carbocycles. The van der Waals surface area contributed by atoms with Crippen molar-refractivity contribution in [2.45, 2.75) is 44.6 Å². The van der Waals surface area contributed by atoms with E-state index < -0.39 is 0 Å². The molecule has 1 aromatic heterocycles. The van der Waals surface area contributed by atoms with Gasteiger partial charge in [-0.2, -0.15) is 0 Å². The second kappa shape index (κ2) is 5.45. The summed E-state index contributed by atoms with van der Waals surface area (Å²) in [5.41, 5.74) is 3.28. The highest BCUT2D eigenvalue weighted by Crippen LogP contribution is 2.41. The zero-order chi connectivity index (χ0) is 14.0. The number of benzene rings is 1. The third kappa shape index (κ3) is 2.66. The van der Waals surface area contributed by atoms with Crippen molar-refractivity contribution in [3.63, 3.8) is 0 Å². The fraction of sp³-hybridized carbons (Fsp3) is 0.444. The van der Waals surface area contributed by atoms with E-state index in [1.807, 2.05) is 12.1 Å². The van der Waals surface area contributed by atoms with Crippen molar-refractivity contribution < 1.29 is 4.42 Å². The van der Waals surface area contributed by atoms with Crippen LogP contribution in [0.3, 0.4) is 0 Å². The first-order valence-electron chi connectivity index (χ1n) is 7.52. The number of hydrogen-bond donors (Lipinski definition) is 1. The molecule has 0 spiro atoms. The third-order valence-electron chi connectivity index (χ3n) is 4.47. The molecule has 0 radical (unpaired) electrons. The molecule has 1 heterocycles. The molecule has 106 valence electrons. The number of fused-ring (bicyclic) bond motifs is 1. The largest absolute Gasteiger partial charge is 0.469 e. The molecule has 1 aliphatic rings. The second-order valence-corrected chi connectivity index (χ2v) is 6.35. The monoisotopic (exact) mass is 269 g/mol. The van der Waals surface area contributed by atoms with Crippen LogP contribution in [-0.4, -0.2) is 6.54 Å². The van der Waals surface area contributed by atoms with Gasteiger partial charge < -0.3 is 9.73 Å². The molecule has 2 heteroatoms. The summed E-state index contributed by atoms with van der Waals surface area (Å²) in [4.78, 5) is 0. The molecule has 0 bridgehead atoms. The Morgan fingerprint density at radius 2 is 2.05 bits per heavy atom. The van der Waals surface area contributed by atoms with Crippen LogP contribution in [0.1, 0.15) is 49.6 Å². The number of rotatable bonds is 4. The predicted molar refractivity (Wildman–Crippen MR) is 81.9 cm³/mol. The minimum Gasteiger partial charge on any atom is -0.469 e.